The Morgan fingerprint density at radius 1 is 0.765 bits per heavy atom. The van der Waals surface area contributed by atoms with Gasteiger partial charge < -0.3 is 5.32 Å². The molecule has 5 rings (SSSR count). The van der Waals surface area contributed by atoms with Crippen LogP contribution in [0.5, 0.6) is 0 Å². The number of halogens is 1. The third kappa shape index (κ3) is 4.49. The number of carbonyl (C=O) groups is 1. The highest BCUT2D eigenvalue weighted by molar-refractivity contribution is 6.33. The molecule has 1 N–H and O–H groups in total. The minimum absolute atomic E-state index is 0.308. The molecule has 0 aliphatic heterocycles. The molecule has 0 saturated carbocycles. The Morgan fingerprint density at radius 3 is 2.09 bits per heavy atom. The standard InChI is InChI=1S/C29H22ClN3O/c1-20-11-17-24(18-12-20)33-28(23-15-13-22(14-16-23)21-7-3-2-4-8-21)19-27(32-33)29(34)31-26-10-6-5-9-25(26)30/h2-19H,1H3,(H,31,34). The number of carbonyl (C=O) groups excluding carboxylic acids is 1. The summed E-state index contributed by atoms with van der Waals surface area (Å²) in [5.74, 6) is -0.318. The molecule has 0 unspecified atom stereocenters. The molecular formula is C29H22ClN3O. The maximum Gasteiger partial charge on any atom is 0.276 e. The van der Waals surface area contributed by atoms with Crippen molar-refractivity contribution in [2.75, 3.05) is 5.32 Å². The van der Waals surface area contributed by atoms with Gasteiger partial charge in [0.25, 0.3) is 5.91 Å². The van der Waals surface area contributed by atoms with E-state index in [0.29, 0.717) is 16.4 Å². The van der Waals surface area contributed by atoms with Crippen LogP contribution in [0.2, 0.25) is 5.02 Å². The number of hydrogen-bond donors (Lipinski definition) is 1. The van der Waals surface area contributed by atoms with E-state index in [1.165, 1.54) is 0 Å². The zero-order chi connectivity index (χ0) is 23.5. The number of para-hydroxylation sites is 1. The molecule has 4 aromatic carbocycles. The molecule has 5 heteroatoms. The smallest absolute Gasteiger partial charge is 0.276 e. The van der Waals surface area contributed by atoms with E-state index in [1.807, 2.05) is 67.6 Å². The molecule has 0 radical (unpaired) electrons. The second-order valence-electron chi connectivity index (χ2n) is 8.04. The molecule has 0 fully saturated rings. The Morgan fingerprint density at radius 2 is 1.38 bits per heavy atom. The molecule has 4 nitrogen and oxygen atoms in total. The van der Waals surface area contributed by atoms with Crippen molar-refractivity contribution in [3.8, 4) is 28.1 Å². The second-order valence-corrected chi connectivity index (χ2v) is 8.45. The van der Waals surface area contributed by atoms with E-state index in [4.69, 9.17) is 11.6 Å². The third-order valence-corrected chi connectivity index (χ3v) is 5.96. The van der Waals surface area contributed by atoms with Crippen molar-refractivity contribution in [2.24, 2.45) is 0 Å². The van der Waals surface area contributed by atoms with Gasteiger partial charge in [-0.25, -0.2) is 4.68 Å². The third-order valence-electron chi connectivity index (χ3n) is 5.63. The first-order chi connectivity index (χ1) is 16.6. The Bertz CT molecular complexity index is 1440. The van der Waals surface area contributed by atoms with Crippen molar-refractivity contribution in [1.29, 1.82) is 0 Å². The van der Waals surface area contributed by atoms with Crippen LogP contribution in [0.15, 0.2) is 109 Å². The van der Waals surface area contributed by atoms with Gasteiger partial charge in [0.05, 0.1) is 22.1 Å². The Kier molecular flexibility index (Phi) is 5.98. The van der Waals surface area contributed by atoms with Crippen LogP contribution in [0.4, 0.5) is 5.69 Å². The van der Waals surface area contributed by atoms with E-state index in [2.05, 4.69) is 46.8 Å². The van der Waals surface area contributed by atoms with Crippen LogP contribution in [0.3, 0.4) is 0 Å². The molecule has 0 bridgehead atoms. The van der Waals surface area contributed by atoms with E-state index < -0.39 is 0 Å². The molecule has 1 amide bonds. The van der Waals surface area contributed by atoms with E-state index >= 15 is 0 Å². The van der Waals surface area contributed by atoms with Gasteiger partial charge in [0, 0.05) is 5.56 Å². The molecule has 166 valence electrons. The highest BCUT2D eigenvalue weighted by Crippen LogP contribution is 2.28. The highest BCUT2D eigenvalue weighted by atomic mass is 35.5. The predicted molar refractivity (Wildman–Crippen MR) is 139 cm³/mol. The fraction of sp³-hybridized carbons (Fsp3) is 0.0345. The van der Waals surface area contributed by atoms with Gasteiger partial charge in [-0.15, -0.1) is 0 Å². The molecule has 0 spiro atoms. The van der Waals surface area contributed by atoms with E-state index in [0.717, 1.165) is 33.6 Å². The summed E-state index contributed by atoms with van der Waals surface area (Å²) in [5.41, 5.74) is 6.96. The molecular weight excluding hydrogens is 442 g/mol. The summed E-state index contributed by atoms with van der Waals surface area (Å²) < 4.78 is 1.80. The van der Waals surface area contributed by atoms with Gasteiger partial charge in [0.1, 0.15) is 0 Å². The fourth-order valence-corrected chi connectivity index (χ4v) is 3.98. The first kappa shape index (κ1) is 21.7. The zero-order valence-corrected chi connectivity index (χ0v) is 19.3. The van der Waals surface area contributed by atoms with Gasteiger partial charge in [-0.2, -0.15) is 5.10 Å². The van der Waals surface area contributed by atoms with Crippen LogP contribution in [0, 0.1) is 6.92 Å². The highest BCUT2D eigenvalue weighted by Gasteiger charge is 2.18. The van der Waals surface area contributed by atoms with Crippen LogP contribution < -0.4 is 5.32 Å². The Hall–Kier alpha value is -4.15. The normalized spacial score (nSPS) is 10.8. The number of aromatic nitrogens is 2. The van der Waals surface area contributed by atoms with Crippen molar-refractivity contribution in [3.63, 3.8) is 0 Å². The number of nitrogens with one attached hydrogen (secondary N) is 1. The molecule has 1 aromatic heterocycles. The number of rotatable bonds is 5. The molecule has 5 aromatic rings. The monoisotopic (exact) mass is 463 g/mol. The summed E-state index contributed by atoms with van der Waals surface area (Å²) in [5, 5.41) is 7.99. The zero-order valence-electron chi connectivity index (χ0n) is 18.6. The number of anilines is 1. The average molecular weight is 464 g/mol. The van der Waals surface area contributed by atoms with Gasteiger partial charge in [-0.05, 0) is 48.4 Å². The van der Waals surface area contributed by atoms with Gasteiger partial charge in [0.15, 0.2) is 5.69 Å². The summed E-state index contributed by atoms with van der Waals surface area (Å²) in [6.07, 6.45) is 0. The number of benzene rings is 4. The summed E-state index contributed by atoms with van der Waals surface area (Å²) in [6, 6.07) is 35.5. The molecule has 0 saturated heterocycles. The lowest BCUT2D eigenvalue weighted by Gasteiger charge is -2.09. The van der Waals surface area contributed by atoms with Gasteiger partial charge in [0.2, 0.25) is 0 Å². The summed E-state index contributed by atoms with van der Waals surface area (Å²) in [6.45, 7) is 2.04. The predicted octanol–water partition coefficient (Wildman–Crippen LogP) is 7.42. The SMILES string of the molecule is Cc1ccc(-n2nc(C(=O)Nc3ccccc3Cl)cc2-c2ccc(-c3ccccc3)cc2)cc1. The Balaban J connectivity index is 1.54. The molecule has 0 aliphatic carbocycles. The second kappa shape index (κ2) is 9.38. The van der Waals surface area contributed by atoms with Gasteiger partial charge >= 0.3 is 0 Å². The topological polar surface area (TPSA) is 46.9 Å². The van der Waals surface area contributed by atoms with Crippen LogP contribution in [-0.4, -0.2) is 15.7 Å². The lowest BCUT2D eigenvalue weighted by atomic mass is 10.0. The average Bonchev–Trinajstić information content (AvgIpc) is 3.32. The molecule has 34 heavy (non-hydrogen) atoms. The maximum atomic E-state index is 13.0. The van der Waals surface area contributed by atoms with Crippen LogP contribution >= 0.6 is 11.6 Å². The number of nitrogens with zero attached hydrogens (tertiary/aromatic N) is 2. The van der Waals surface area contributed by atoms with Crippen molar-refractivity contribution in [1.82, 2.24) is 9.78 Å². The summed E-state index contributed by atoms with van der Waals surface area (Å²) >= 11 is 6.22. The minimum Gasteiger partial charge on any atom is -0.319 e. The fourth-order valence-electron chi connectivity index (χ4n) is 3.79. The van der Waals surface area contributed by atoms with E-state index in [-0.39, 0.29) is 5.91 Å². The number of hydrogen-bond acceptors (Lipinski definition) is 2. The van der Waals surface area contributed by atoms with Crippen LogP contribution in [0.25, 0.3) is 28.1 Å². The maximum absolute atomic E-state index is 13.0. The van der Waals surface area contributed by atoms with Crippen LogP contribution in [-0.2, 0) is 0 Å². The first-order valence-electron chi connectivity index (χ1n) is 11.0. The molecule has 1 heterocycles. The van der Waals surface area contributed by atoms with Crippen LogP contribution in [0.1, 0.15) is 16.1 Å². The minimum atomic E-state index is -0.318. The molecule has 0 atom stereocenters. The van der Waals surface area contributed by atoms with E-state index in [1.54, 1.807) is 16.8 Å². The van der Waals surface area contributed by atoms with Crippen molar-refractivity contribution in [2.45, 2.75) is 6.92 Å². The van der Waals surface area contributed by atoms with Gasteiger partial charge in [-0.1, -0.05) is 96.0 Å². The van der Waals surface area contributed by atoms with Crippen molar-refractivity contribution >= 4 is 23.2 Å². The van der Waals surface area contributed by atoms with Gasteiger partial charge in [-0.3, -0.25) is 4.79 Å². The van der Waals surface area contributed by atoms with E-state index in [9.17, 15) is 4.79 Å². The summed E-state index contributed by atoms with van der Waals surface area (Å²) in [7, 11) is 0. The largest absolute Gasteiger partial charge is 0.319 e. The van der Waals surface area contributed by atoms with Crippen molar-refractivity contribution < 1.29 is 4.79 Å². The summed E-state index contributed by atoms with van der Waals surface area (Å²) in [4.78, 5) is 13.0. The lowest BCUT2D eigenvalue weighted by Crippen LogP contribution is -2.13. The lowest BCUT2D eigenvalue weighted by molar-refractivity contribution is 0.102. The number of amides is 1. The quantitative estimate of drug-likeness (QED) is 0.294. The first-order valence-corrected chi connectivity index (χ1v) is 11.4. The molecule has 0 aliphatic rings. The number of aryl methyl sites for hydroxylation is 1. The Labute approximate surface area is 203 Å². The van der Waals surface area contributed by atoms with Crippen molar-refractivity contribution in [3.05, 3.63) is 125 Å².